The second kappa shape index (κ2) is 15.6. The number of carbonyl (C=O) groups is 6. The van der Waals surface area contributed by atoms with E-state index in [1.54, 1.807) is 72.1 Å². The highest BCUT2D eigenvalue weighted by Gasteiger charge is 2.70. The molecule has 50 heavy (non-hydrogen) atoms. The van der Waals surface area contributed by atoms with Gasteiger partial charge in [0.2, 0.25) is 39.4 Å². The molecule has 1 saturated carbocycles. The number of piperidine rings is 1. The lowest BCUT2D eigenvalue weighted by Crippen LogP contribution is -2.61. The van der Waals surface area contributed by atoms with E-state index in [-0.39, 0.29) is 36.1 Å². The number of nitrogens with one attached hydrogen (secondary N) is 4. The van der Waals surface area contributed by atoms with Crippen molar-refractivity contribution in [3.05, 3.63) is 35.9 Å². The monoisotopic (exact) mass is 718 g/mol. The van der Waals surface area contributed by atoms with Crippen molar-refractivity contribution < 1.29 is 37.2 Å². The molecule has 14 nitrogen and oxygen atoms in total. The van der Waals surface area contributed by atoms with Crippen LogP contribution in [0.5, 0.6) is 0 Å². The Balaban J connectivity index is 1.75. The fourth-order valence-electron chi connectivity index (χ4n) is 6.50. The maximum absolute atomic E-state index is 14.1. The van der Waals surface area contributed by atoms with Gasteiger partial charge in [-0.25, -0.2) is 13.1 Å². The number of Topliss-reactive ketones (excluding diaryl/α,β-unsaturated/α-hetero) is 1. The van der Waals surface area contributed by atoms with Gasteiger partial charge in [-0.05, 0) is 48.5 Å². The van der Waals surface area contributed by atoms with Crippen molar-refractivity contribution in [1.29, 1.82) is 0 Å². The number of carbonyl (C=O) groups excluding carboxylic acids is 6. The Morgan fingerprint density at radius 3 is 2.12 bits per heavy atom. The molecule has 4 N–H and O–H groups in total. The summed E-state index contributed by atoms with van der Waals surface area (Å²) in [6, 6.07) is 4.21. The first-order valence-corrected chi connectivity index (χ1v) is 18.6. The number of sulfonamides is 1. The summed E-state index contributed by atoms with van der Waals surface area (Å²) in [6.07, 6.45) is 0.554. The summed E-state index contributed by atoms with van der Waals surface area (Å²) in [6.45, 7) is 13.7. The van der Waals surface area contributed by atoms with Crippen LogP contribution in [-0.2, 0) is 38.8 Å². The summed E-state index contributed by atoms with van der Waals surface area (Å²) in [5.74, 6) is -4.52. The van der Waals surface area contributed by atoms with Crippen LogP contribution < -0.4 is 20.7 Å². The zero-order valence-electron chi connectivity index (χ0n) is 30.8. The quantitative estimate of drug-likeness (QED) is 0.194. The van der Waals surface area contributed by atoms with E-state index in [1.807, 2.05) is 13.8 Å². The van der Waals surface area contributed by atoms with Crippen LogP contribution in [0.1, 0.15) is 79.8 Å². The SMILES string of the molecule is CCC[C@H](NC(=O)[C@@H]1[C@@H]2[C@H](CN1C(=O)[C@@H](NS(=O)(=O)C(C)C)C(C)(C)C)C2(C)C)C(=O)C(=O)NCC(=O)N[C@H](C(=O)N(C)C)c1ccccc1. The highest BCUT2D eigenvalue weighted by Crippen LogP contribution is 2.65. The molecule has 1 saturated heterocycles. The van der Waals surface area contributed by atoms with Crippen molar-refractivity contribution >= 4 is 45.3 Å². The van der Waals surface area contributed by atoms with E-state index in [0.29, 0.717) is 12.0 Å². The molecule has 2 aliphatic rings. The number of amides is 5. The largest absolute Gasteiger partial charge is 0.347 e. The minimum absolute atomic E-state index is 0.00856. The van der Waals surface area contributed by atoms with Crippen LogP contribution in [0, 0.1) is 22.7 Å². The lowest BCUT2D eigenvalue weighted by atomic mass is 9.86. The number of ketones is 1. The maximum Gasteiger partial charge on any atom is 0.290 e. The second-order valence-electron chi connectivity index (χ2n) is 15.4. The van der Waals surface area contributed by atoms with Gasteiger partial charge in [-0.2, -0.15) is 0 Å². The zero-order valence-corrected chi connectivity index (χ0v) is 31.6. The molecule has 5 amide bonds. The standard InChI is InChI=1S/C35H54N6O8S/c1-11-15-23(28(43)31(45)36-18-24(42)38-26(32(46)40(9)10)21-16-13-12-14-17-21)37-30(44)27-25-22(35(25,7)8)19-41(27)33(47)29(34(4,5)6)39-50(48,49)20(2)3/h12-14,16-17,20,22-23,25-27,29,39H,11,15,18-19H2,1-10H3,(H,36,45)(H,37,44)(H,38,42)/t22-,23-,25-,26-,27-,29+/m0/s1. The Morgan fingerprint density at radius 2 is 1.60 bits per heavy atom. The molecule has 0 unspecified atom stereocenters. The Bertz CT molecular complexity index is 1570. The summed E-state index contributed by atoms with van der Waals surface area (Å²) in [5.41, 5.74) is -0.554. The van der Waals surface area contributed by atoms with Gasteiger partial charge in [-0.1, -0.05) is 78.3 Å². The smallest absolute Gasteiger partial charge is 0.290 e. The van der Waals surface area contributed by atoms with Crippen LogP contribution in [0.4, 0.5) is 0 Å². The molecule has 1 heterocycles. The fraction of sp³-hybridized carbons (Fsp3) is 0.657. The van der Waals surface area contributed by atoms with Gasteiger partial charge in [0.25, 0.3) is 5.91 Å². The molecule has 0 aromatic heterocycles. The lowest BCUT2D eigenvalue weighted by molar-refractivity contribution is -0.145. The number of hydrogen-bond donors (Lipinski definition) is 4. The highest BCUT2D eigenvalue weighted by atomic mass is 32.2. The molecule has 1 aromatic carbocycles. The van der Waals surface area contributed by atoms with Crippen LogP contribution in [0.3, 0.4) is 0 Å². The molecule has 15 heteroatoms. The molecular weight excluding hydrogens is 664 g/mol. The van der Waals surface area contributed by atoms with Crippen molar-refractivity contribution in [2.45, 2.75) is 97.6 Å². The van der Waals surface area contributed by atoms with Crippen LogP contribution in [0.25, 0.3) is 0 Å². The van der Waals surface area contributed by atoms with Gasteiger partial charge in [0, 0.05) is 20.6 Å². The molecule has 1 aliphatic heterocycles. The van der Waals surface area contributed by atoms with Gasteiger partial charge >= 0.3 is 0 Å². The average molecular weight is 719 g/mol. The molecule has 1 aliphatic carbocycles. The van der Waals surface area contributed by atoms with Crippen molar-refractivity contribution in [3.63, 3.8) is 0 Å². The summed E-state index contributed by atoms with van der Waals surface area (Å²) in [5, 5.41) is 6.82. The molecule has 0 bridgehead atoms. The first-order valence-electron chi connectivity index (χ1n) is 17.1. The Kier molecular flexibility index (Phi) is 12.6. The third-order valence-corrected chi connectivity index (χ3v) is 11.6. The summed E-state index contributed by atoms with van der Waals surface area (Å²) >= 11 is 0. The lowest BCUT2D eigenvalue weighted by Gasteiger charge is -2.38. The third-order valence-electron chi connectivity index (χ3n) is 9.75. The predicted octanol–water partition coefficient (Wildman–Crippen LogP) is 1.13. The van der Waals surface area contributed by atoms with E-state index in [1.165, 1.54) is 23.6 Å². The highest BCUT2D eigenvalue weighted by molar-refractivity contribution is 7.90. The van der Waals surface area contributed by atoms with Crippen LogP contribution in [-0.4, -0.2) is 104 Å². The van der Waals surface area contributed by atoms with Gasteiger partial charge in [0.1, 0.15) is 18.1 Å². The van der Waals surface area contributed by atoms with Crippen molar-refractivity contribution in [1.82, 2.24) is 30.5 Å². The van der Waals surface area contributed by atoms with E-state index in [2.05, 4.69) is 20.7 Å². The second-order valence-corrected chi connectivity index (χ2v) is 17.7. The van der Waals surface area contributed by atoms with E-state index in [9.17, 15) is 37.2 Å². The minimum Gasteiger partial charge on any atom is -0.347 e. The van der Waals surface area contributed by atoms with Gasteiger partial charge in [0.15, 0.2) is 0 Å². The van der Waals surface area contributed by atoms with Crippen molar-refractivity contribution in [3.8, 4) is 0 Å². The number of rotatable bonds is 15. The van der Waals surface area contributed by atoms with E-state index >= 15 is 0 Å². The molecule has 2 fully saturated rings. The first-order chi connectivity index (χ1) is 23.1. The third kappa shape index (κ3) is 9.08. The van der Waals surface area contributed by atoms with Crippen molar-refractivity contribution in [2.24, 2.45) is 22.7 Å². The number of fused-ring (bicyclic) bond motifs is 1. The van der Waals surface area contributed by atoms with Gasteiger partial charge in [0.05, 0.1) is 17.8 Å². The van der Waals surface area contributed by atoms with Crippen molar-refractivity contribution in [2.75, 3.05) is 27.2 Å². The molecule has 278 valence electrons. The van der Waals surface area contributed by atoms with Gasteiger partial charge in [-0.3, -0.25) is 28.8 Å². The molecular formula is C35H54N6O8S. The Hall–Kier alpha value is -3.85. The fourth-order valence-corrected chi connectivity index (χ4v) is 7.56. The average Bonchev–Trinajstić information content (AvgIpc) is 3.33. The normalized spacial score (nSPS) is 21.3. The number of nitrogens with zero attached hydrogens (tertiary/aromatic N) is 2. The minimum atomic E-state index is -3.84. The van der Waals surface area contributed by atoms with E-state index in [4.69, 9.17) is 0 Å². The van der Waals surface area contributed by atoms with E-state index in [0.717, 1.165) is 0 Å². The Labute approximate surface area is 295 Å². The zero-order chi connectivity index (χ0) is 37.9. The van der Waals surface area contributed by atoms with Crippen LogP contribution in [0.2, 0.25) is 0 Å². The molecule has 0 spiro atoms. The number of likely N-dealkylation sites (N-methyl/N-ethyl adjacent to an activating group) is 1. The predicted molar refractivity (Wildman–Crippen MR) is 188 cm³/mol. The number of benzene rings is 1. The topological polar surface area (TPSA) is 191 Å². The number of likely N-dealkylation sites (tertiary alicyclic amines) is 1. The summed E-state index contributed by atoms with van der Waals surface area (Å²) in [4.78, 5) is 82.7. The molecule has 3 rings (SSSR count). The summed E-state index contributed by atoms with van der Waals surface area (Å²) in [7, 11) is -0.739. The molecule has 1 aromatic rings. The number of hydrogen-bond acceptors (Lipinski definition) is 8. The first kappa shape index (κ1) is 40.6. The van der Waals surface area contributed by atoms with Gasteiger partial charge < -0.3 is 25.8 Å². The molecule has 6 atom stereocenters. The maximum atomic E-state index is 14.1. The van der Waals surface area contributed by atoms with E-state index < -0.39 is 80.8 Å². The van der Waals surface area contributed by atoms with Gasteiger partial charge in [-0.15, -0.1) is 0 Å². The Morgan fingerprint density at radius 1 is 1.00 bits per heavy atom. The summed E-state index contributed by atoms with van der Waals surface area (Å²) < 4.78 is 28.2. The van der Waals surface area contributed by atoms with Crippen LogP contribution in [0.15, 0.2) is 30.3 Å². The molecule has 0 radical (unpaired) electrons. The van der Waals surface area contributed by atoms with Crippen LogP contribution >= 0.6 is 0 Å².